The molecule has 0 radical (unpaired) electrons. The number of nitriles is 1. The van der Waals surface area contributed by atoms with Crippen LogP contribution in [0.15, 0.2) is 36.5 Å². The number of carbonyl (C=O) groups is 1. The number of anilines is 2. The van der Waals surface area contributed by atoms with Crippen molar-refractivity contribution in [1.82, 2.24) is 20.6 Å². The minimum absolute atomic E-state index is 0.00860. The maximum absolute atomic E-state index is 10.5. The van der Waals surface area contributed by atoms with Crippen LogP contribution in [0.2, 0.25) is 0 Å². The Labute approximate surface area is 174 Å². The molecule has 5 N–H and O–H groups in total. The number of hydrogen-bond donors (Lipinski definition) is 5. The molecule has 9 nitrogen and oxygen atoms in total. The first kappa shape index (κ1) is 21.8. The number of rotatable bonds is 11. The Morgan fingerprint density at radius 2 is 1.90 bits per heavy atom. The molecular weight excluding hydrogens is 390 g/mol. The predicted molar refractivity (Wildman–Crippen MR) is 114 cm³/mol. The third-order valence-corrected chi connectivity index (χ3v) is 4.05. The maximum Gasteiger partial charge on any atom is 0.305 e. The molecule has 152 valence electrons. The third-order valence-electron chi connectivity index (χ3n) is 3.76. The molecule has 0 bridgehead atoms. The second kappa shape index (κ2) is 12.1. The highest BCUT2D eigenvalue weighted by Gasteiger charge is 2.07. The standard InChI is InChI=1S/C19H23N7O2S/c20-11-15-13-25-18(24-12-14-5-2-1-3-6-14)26-17(15)21-8-4-9-22-19(29)23-10-7-16(27)28/h1-3,5-6,13H,4,7-10,12H2,(H,27,28)(H2,22,23,29)(H2,21,24,25,26). The summed E-state index contributed by atoms with van der Waals surface area (Å²) in [6.07, 6.45) is 2.22. The van der Waals surface area contributed by atoms with Crippen LogP contribution in [0.1, 0.15) is 24.0 Å². The Morgan fingerprint density at radius 3 is 2.62 bits per heavy atom. The van der Waals surface area contributed by atoms with E-state index in [0.717, 1.165) is 12.0 Å². The van der Waals surface area contributed by atoms with Crippen LogP contribution in [0.25, 0.3) is 0 Å². The Bertz CT molecular complexity index is 855. The number of nitrogens with zero attached hydrogens (tertiary/aromatic N) is 3. The van der Waals surface area contributed by atoms with Crippen molar-refractivity contribution in [2.75, 3.05) is 30.3 Å². The molecule has 1 aromatic carbocycles. The molecule has 0 amide bonds. The molecule has 0 aliphatic heterocycles. The van der Waals surface area contributed by atoms with Crippen LogP contribution >= 0.6 is 12.2 Å². The van der Waals surface area contributed by atoms with Crippen molar-refractivity contribution < 1.29 is 9.90 Å². The van der Waals surface area contributed by atoms with Gasteiger partial charge in [-0.05, 0) is 24.2 Å². The van der Waals surface area contributed by atoms with Gasteiger partial charge in [0.15, 0.2) is 5.11 Å². The van der Waals surface area contributed by atoms with Crippen LogP contribution in [0.3, 0.4) is 0 Å². The number of thiocarbonyl (C=S) groups is 1. The topological polar surface area (TPSA) is 135 Å². The average molecular weight is 414 g/mol. The van der Waals surface area contributed by atoms with Gasteiger partial charge in [-0.3, -0.25) is 4.79 Å². The van der Waals surface area contributed by atoms with Gasteiger partial charge in [-0.25, -0.2) is 4.98 Å². The Balaban J connectivity index is 1.75. The second-order valence-electron chi connectivity index (χ2n) is 6.01. The molecule has 2 rings (SSSR count). The molecular formula is C19H23N7O2S. The first-order valence-corrected chi connectivity index (χ1v) is 9.51. The summed E-state index contributed by atoms with van der Waals surface area (Å²) in [5.41, 5.74) is 1.48. The summed E-state index contributed by atoms with van der Waals surface area (Å²) < 4.78 is 0. The highest BCUT2D eigenvalue weighted by Crippen LogP contribution is 2.13. The van der Waals surface area contributed by atoms with E-state index in [-0.39, 0.29) is 13.0 Å². The van der Waals surface area contributed by atoms with Crippen LogP contribution in [0, 0.1) is 11.3 Å². The van der Waals surface area contributed by atoms with E-state index in [0.29, 0.717) is 42.1 Å². The third kappa shape index (κ3) is 8.40. The van der Waals surface area contributed by atoms with Gasteiger partial charge in [0.1, 0.15) is 17.5 Å². The van der Waals surface area contributed by atoms with Gasteiger partial charge < -0.3 is 26.4 Å². The predicted octanol–water partition coefficient (Wildman–Crippen LogP) is 1.70. The largest absolute Gasteiger partial charge is 0.481 e. The highest BCUT2D eigenvalue weighted by molar-refractivity contribution is 7.80. The van der Waals surface area contributed by atoms with Gasteiger partial charge in [-0.15, -0.1) is 0 Å². The Hall–Kier alpha value is -3.45. The van der Waals surface area contributed by atoms with Crippen molar-refractivity contribution in [3.63, 3.8) is 0 Å². The molecule has 0 fully saturated rings. The summed E-state index contributed by atoms with van der Waals surface area (Å²) in [6.45, 7) is 2.04. The SMILES string of the molecule is N#Cc1cnc(NCc2ccccc2)nc1NCCCNC(=S)NCCC(=O)O. The van der Waals surface area contributed by atoms with Crippen LogP contribution in [-0.4, -0.2) is 45.8 Å². The Kier molecular flexibility index (Phi) is 9.11. The summed E-state index contributed by atoms with van der Waals surface area (Å²) in [5, 5.41) is 30.4. The van der Waals surface area contributed by atoms with Gasteiger partial charge in [-0.2, -0.15) is 10.2 Å². The van der Waals surface area contributed by atoms with Gasteiger partial charge in [0.05, 0.1) is 12.6 Å². The summed E-state index contributed by atoms with van der Waals surface area (Å²) in [7, 11) is 0. The monoisotopic (exact) mass is 413 g/mol. The fourth-order valence-corrected chi connectivity index (χ4v) is 2.51. The van der Waals surface area contributed by atoms with Crippen molar-refractivity contribution in [2.45, 2.75) is 19.4 Å². The van der Waals surface area contributed by atoms with Crippen molar-refractivity contribution in [3.05, 3.63) is 47.7 Å². The lowest BCUT2D eigenvalue weighted by molar-refractivity contribution is -0.136. The van der Waals surface area contributed by atoms with E-state index in [4.69, 9.17) is 17.3 Å². The number of aromatic nitrogens is 2. The molecule has 0 aliphatic rings. The first-order valence-electron chi connectivity index (χ1n) is 9.11. The van der Waals surface area contributed by atoms with Gasteiger partial charge in [0.25, 0.3) is 0 Å². The molecule has 1 aromatic heterocycles. The molecule has 2 aromatic rings. The fourth-order valence-electron chi connectivity index (χ4n) is 2.30. The maximum atomic E-state index is 10.5. The van der Waals surface area contributed by atoms with Crippen molar-refractivity contribution in [3.8, 4) is 6.07 Å². The minimum atomic E-state index is -0.875. The van der Waals surface area contributed by atoms with E-state index in [1.54, 1.807) is 0 Å². The van der Waals surface area contributed by atoms with Gasteiger partial charge >= 0.3 is 5.97 Å². The number of aliphatic carboxylic acids is 1. The van der Waals surface area contributed by atoms with Crippen LogP contribution in [0.5, 0.6) is 0 Å². The molecule has 0 spiro atoms. The second-order valence-corrected chi connectivity index (χ2v) is 6.42. The van der Waals surface area contributed by atoms with E-state index < -0.39 is 5.97 Å². The summed E-state index contributed by atoms with van der Waals surface area (Å²) in [4.78, 5) is 19.0. The molecule has 29 heavy (non-hydrogen) atoms. The average Bonchev–Trinajstić information content (AvgIpc) is 2.72. The molecule has 10 heteroatoms. The van der Waals surface area contributed by atoms with E-state index in [1.807, 2.05) is 30.3 Å². The summed E-state index contributed by atoms with van der Waals surface area (Å²) >= 11 is 5.07. The molecule has 0 aliphatic carbocycles. The van der Waals surface area contributed by atoms with Crippen LogP contribution < -0.4 is 21.3 Å². The Morgan fingerprint density at radius 1 is 1.14 bits per heavy atom. The fraction of sp³-hybridized carbons (Fsp3) is 0.316. The number of hydrogen-bond acceptors (Lipinski definition) is 7. The van der Waals surface area contributed by atoms with Crippen molar-refractivity contribution in [2.24, 2.45) is 0 Å². The van der Waals surface area contributed by atoms with Crippen molar-refractivity contribution in [1.29, 1.82) is 5.26 Å². The zero-order valence-corrected chi connectivity index (χ0v) is 16.6. The number of carboxylic acid groups (broad SMARTS) is 1. The highest BCUT2D eigenvalue weighted by atomic mass is 32.1. The molecule has 0 atom stereocenters. The van der Waals surface area contributed by atoms with E-state index in [2.05, 4.69) is 37.3 Å². The number of carboxylic acids is 1. The van der Waals surface area contributed by atoms with Gasteiger partial charge in [0, 0.05) is 26.2 Å². The minimum Gasteiger partial charge on any atom is -0.481 e. The van der Waals surface area contributed by atoms with Crippen LogP contribution in [0.4, 0.5) is 11.8 Å². The molecule has 0 saturated carbocycles. The first-order chi connectivity index (χ1) is 14.1. The van der Waals surface area contributed by atoms with E-state index in [1.165, 1.54) is 6.20 Å². The summed E-state index contributed by atoms with van der Waals surface area (Å²) in [6, 6.07) is 12.0. The van der Waals surface area contributed by atoms with Gasteiger partial charge in [-0.1, -0.05) is 30.3 Å². The van der Waals surface area contributed by atoms with E-state index in [9.17, 15) is 10.1 Å². The van der Waals surface area contributed by atoms with Gasteiger partial charge in [0.2, 0.25) is 5.95 Å². The normalized spacial score (nSPS) is 9.90. The van der Waals surface area contributed by atoms with Crippen LogP contribution in [-0.2, 0) is 11.3 Å². The number of benzene rings is 1. The van der Waals surface area contributed by atoms with Crippen molar-refractivity contribution >= 4 is 35.1 Å². The number of nitrogens with one attached hydrogen (secondary N) is 4. The zero-order chi connectivity index (χ0) is 20.9. The zero-order valence-electron chi connectivity index (χ0n) is 15.8. The molecule has 1 heterocycles. The lowest BCUT2D eigenvalue weighted by atomic mass is 10.2. The quantitative estimate of drug-likeness (QED) is 0.274. The molecule has 0 unspecified atom stereocenters. The smallest absolute Gasteiger partial charge is 0.305 e. The lowest BCUT2D eigenvalue weighted by Gasteiger charge is -2.11. The lowest BCUT2D eigenvalue weighted by Crippen LogP contribution is -2.37. The summed E-state index contributed by atoms with van der Waals surface area (Å²) in [5.74, 6) is 0.0396. The van der Waals surface area contributed by atoms with E-state index >= 15 is 0 Å². The molecule has 0 saturated heterocycles.